The molecule has 0 aliphatic heterocycles. The third-order valence-electron chi connectivity index (χ3n) is 5.20. The molecule has 0 unspecified atom stereocenters. The Hall–Kier alpha value is -3.61. The fourth-order valence-electron chi connectivity index (χ4n) is 3.35. The van der Waals surface area contributed by atoms with Gasteiger partial charge in [0, 0.05) is 11.5 Å². The average Bonchev–Trinajstić information content (AvgIpc) is 2.77. The molecule has 4 aromatic rings. The zero-order valence-electron chi connectivity index (χ0n) is 19.1. The zero-order valence-corrected chi connectivity index (χ0v) is 19.8. The summed E-state index contributed by atoms with van der Waals surface area (Å²) < 4.78 is 0.717. The number of quaternary nitrogens is 1. The summed E-state index contributed by atoms with van der Waals surface area (Å²) in [6.07, 6.45) is 0. The van der Waals surface area contributed by atoms with Crippen LogP contribution < -0.4 is 16.9 Å². The third kappa shape index (κ3) is 5.61. The summed E-state index contributed by atoms with van der Waals surface area (Å²) in [5.74, 6) is 0.103. The van der Waals surface area contributed by atoms with E-state index in [-0.39, 0.29) is 18.2 Å². The summed E-state index contributed by atoms with van der Waals surface area (Å²) in [5, 5.41) is 29.6. The highest BCUT2D eigenvalue weighted by atomic mass is 35.5. The maximum Gasteiger partial charge on any atom is 0.143 e. The van der Waals surface area contributed by atoms with Crippen molar-refractivity contribution in [3.63, 3.8) is 0 Å². The van der Waals surface area contributed by atoms with Crippen molar-refractivity contribution >= 4 is 39.2 Å². The van der Waals surface area contributed by atoms with Crippen LogP contribution in [0.15, 0.2) is 99.3 Å². The predicted octanol–water partition coefficient (Wildman–Crippen LogP) is 4.89. The predicted molar refractivity (Wildman–Crippen MR) is 131 cm³/mol. The summed E-state index contributed by atoms with van der Waals surface area (Å²) in [4.78, 5) is 0. The molecule has 0 aliphatic rings. The number of hydrogen-bond acceptors (Lipinski definition) is 5. The lowest BCUT2D eigenvalue weighted by atomic mass is 10.1. The zero-order chi connectivity index (χ0) is 22.7. The fraction of sp³-hybridized carbons (Fsp3) is 0.154. The first kappa shape index (κ1) is 24.0. The van der Waals surface area contributed by atoms with Gasteiger partial charge in [-0.25, -0.2) is 0 Å². The van der Waals surface area contributed by atoms with Gasteiger partial charge in [0.1, 0.15) is 17.1 Å². The van der Waals surface area contributed by atoms with Gasteiger partial charge in [0.25, 0.3) is 0 Å². The largest absolute Gasteiger partial charge is 1.00 e. The van der Waals surface area contributed by atoms with Gasteiger partial charge in [-0.3, -0.25) is 4.48 Å². The fourth-order valence-corrected chi connectivity index (χ4v) is 3.35. The van der Waals surface area contributed by atoms with Crippen molar-refractivity contribution in [2.45, 2.75) is 6.92 Å². The average molecular weight is 460 g/mol. The first-order valence-corrected chi connectivity index (χ1v) is 10.4. The van der Waals surface area contributed by atoms with Crippen LogP contribution in [-0.4, -0.2) is 26.2 Å². The van der Waals surface area contributed by atoms with Gasteiger partial charge >= 0.3 is 0 Å². The summed E-state index contributed by atoms with van der Waals surface area (Å²) >= 11 is 0. The molecule has 4 rings (SSSR count). The number of phenols is 1. The van der Waals surface area contributed by atoms with Gasteiger partial charge < -0.3 is 17.5 Å². The molecular formula is C26H26ClN5O. The number of hydrogen-bond donors (Lipinski definition) is 1. The van der Waals surface area contributed by atoms with E-state index < -0.39 is 0 Å². The molecule has 0 spiro atoms. The summed E-state index contributed by atoms with van der Waals surface area (Å²) in [5.41, 5.74) is 4.82. The summed E-state index contributed by atoms with van der Waals surface area (Å²) in [6.45, 7) is 1.96. The molecule has 0 saturated heterocycles. The van der Waals surface area contributed by atoms with E-state index in [1.54, 1.807) is 6.07 Å². The second-order valence-corrected chi connectivity index (χ2v) is 8.56. The lowest BCUT2D eigenvalue weighted by molar-refractivity contribution is -0.00000776. The molecule has 1 N–H and O–H groups in total. The van der Waals surface area contributed by atoms with Crippen molar-refractivity contribution in [1.29, 1.82) is 0 Å². The molecule has 0 atom stereocenters. The molecule has 7 heteroatoms. The van der Waals surface area contributed by atoms with Crippen molar-refractivity contribution in [1.82, 2.24) is 4.48 Å². The van der Waals surface area contributed by atoms with Crippen LogP contribution in [0.1, 0.15) is 5.56 Å². The molecule has 0 bridgehead atoms. The van der Waals surface area contributed by atoms with Crippen molar-refractivity contribution < 1.29 is 17.5 Å². The van der Waals surface area contributed by atoms with Crippen molar-refractivity contribution in [3.8, 4) is 5.75 Å². The van der Waals surface area contributed by atoms with E-state index in [0.717, 1.165) is 33.4 Å². The standard InChI is InChI=1S/C26H25N5O.ClH/c1-18-16-21(28-30-26-23-11-6-5-8-19(23)12-15-25(26)32)13-14-24(18)29-27-20-9-7-10-22(17-20)31(2,3)4;/h5-17H,1-4H3;1H. The molecule has 4 aromatic carbocycles. The smallest absolute Gasteiger partial charge is 0.143 e. The molecule has 0 aromatic heterocycles. The molecule has 168 valence electrons. The first-order valence-electron chi connectivity index (χ1n) is 10.4. The number of phenolic OH excluding ortho intramolecular Hbond substituents is 1. The monoisotopic (exact) mass is 459 g/mol. The van der Waals surface area contributed by atoms with Crippen LogP contribution in [0.5, 0.6) is 5.75 Å². The van der Waals surface area contributed by atoms with Crippen molar-refractivity contribution in [3.05, 3.63) is 84.4 Å². The molecule has 0 saturated carbocycles. The van der Waals surface area contributed by atoms with E-state index in [2.05, 4.69) is 47.7 Å². The third-order valence-corrected chi connectivity index (χ3v) is 5.20. The Morgan fingerprint density at radius 3 is 2.18 bits per heavy atom. The molecule has 0 aliphatic carbocycles. The van der Waals surface area contributed by atoms with E-state index >= 15 is 0 Å². The molecule has 0 amide bonds. The van der Waals surface area contributed by atoms with Crippen molar-refractivity contribution in [2.24, 2.45) is 20.5 Å². The van der Waals surface area contributed by atoms with Gasteiger partial charge in [-0.2, -0.15) is 15.3 Å². The number of halogens is 1. The van der Waals surface area contributed by atoms with E-state index in [1.807, 2.05) is 73.7 Å². The van der Waals surface area contributed by atoms with Gasteiger partial charge in [0.2, 0.25) is 0 Å². The van der Waals surface area contributed by atoms with Crippen molar-refractivity contribution in [2.75, 3.05) is 21.1 Å². The second-order valence-electron chi connectivity index (χ2n) is 8.56. The number of rotatable bonds is 5. The topological polar surface area (TPSA) is 69.7 Å². The van der Waals surface area contributed by atoms with E-state index in [0.29, 0.717) is 15.9 Å². The highest BCUT2D eigenvalue weighted by molar-refractivity contribution is 5.95. The van der Waals surface area contributed by atoms with Gasteiger partial charge in [-0.15, -0.1) is 5.11 Å². The Labute approximate surface area is 199 Å². The number of azo groups is 2. The minimum absolute atomic E-state index is 0. The van der Waals surface area contributed by atoms with Crippen LogP contribution in [-0.2, 0) is 0 Å². The molecule has 0 radical (unpaired) electrons. The maximum atomic E-state index is 10.3. The normalized spacial score (nSPS) is 11.9. The molecule has 0 fully saturated rings. The lowest BCUT2D eigenvalue weighted by Gasteiger charge is -2.23. The molecule has 33 heavy (non-hydrogen) atoms. The van der Waals surface area contributed by atoms with Gasteiger partial charge in [0.05, 0.1) is 38.2 Å². The van der Waals surface area contributed by atoms with Crippen LogP contribution >= 0.6 is 0 Å². The molecule has 6 nitrogen and oxygen atoms in total. The first-order chi connectivity index (χ1) is 15.3. The summed E-state index contributed by atoms with van der Waals surface area (Å²) in [6, 6.07) is 25.0. The van der Waals surface area contributed by atoms with Crippen LogP contribution in [0, 0.1) is 6.92 Å². The number of benzene rings is 4. The van der Waals surface area contributed by atoms with Crippen LogP contribution in [0.2, 0.25) is 0 Å². The lowest BCUT2D eigenvalue weighted by Crippen LogP contribution is -3.00. The number of aromatic hydroxyl groups is 1. The second kappa shape index (κ2) is 9.90. The SMILES string of the molecule is Cc1cc(N=Nc2c(O)ccc3ccccc23)ccc1N=Nc1cccc([N+](C)(C)C)c1.[Cl-]. The number of aryl methyl sites for hydroxylation is 1. The minimum Gasteiger partial charge on any atom is -1.00 e. The van der Waals surface area contributed by atoms with Gasteiger partial charge in [0.15, 0.2) is 0 Å². The van der Waals surface area contributed by atoms with Crippen LogP contribution in [0.4, 0.5) is 28.4 Å². The Morgan fingerprint density at radius 1 is 0.697 bits per heavy atom. The Bertz CT molecular complexity index is 1340. The minimum atomic E-state index is 0. The number of nitrogens with zero attached hydrogens (tertiary/aromatic N) is 5. The quantitative estimate of drug-likeness (QED) is 0.335. The Morgan fingerprint density at radius 2 is 1.42 bits per heavy atom. The van der Waals surface area contributed by atoms with E-state index in [9.17, 15) is 5.11 Å². The summed E-state index contributed by atoms with van der Waals surface area (Å²) in [7, 11) is 6.35. The van der Waals surface area contributed by atoms with E-state index in [4.69, 9.17) is 0 Å². The highest BCUT2D eigenvalue weighted by Gasteiger charge is 2.12. The highest BCUT2D eigenvalue weighted by Crippen LogP contribution is 2.36. The van der Waals surface area contributed by atoms with Gasteiger partial charge in [-0.1, -0.05) is 36.4 Å². The van der Waals surface area contributed by atoms with Crippen LogP contribution in [0.25, 0.3) is 10.8 Å². The molecular weight excluding hydrogens is 434 g/mol. The maximum absolute atomic E-state index is 10.3. The van der Waals surface area contributed by atoms with Gasteiger partial charge in [-0.05, 0) is 54.3 Å². The van der Waals surface area contributed by atoms with E-state index in [1.165, 1.54) is 0 Å². The Balaban J connectivity index is 0.00000306. The van der Waals surface area contributed by atoms with Crippen LogP contribution in [0.3, 0.4) is 0 Å². The number of fused-ring (bicyclic) bond motifs is 1. The molecule has 0 heterocycles. The Kier molecular flexibility index (Phi) is 7.21.